The summed E-state index contributed by atoms with van der Waals surface area (Å²) in [5.41, 5.74) is 2.43. The van der Waals surface area contributed by atoms with Gasteiger partial charge in [0.1, 0.15) is 6.04 Å². The predicted octanol–water partition coefficient (Wildman–Crippen LogP) is 1.41. The number of aliphatic hydroxyl groups excluding tert-OH is 1. The SMILES string of the molecule is Cn1c(=O)n(C2CCC(=O)NC2=O)c2cccc(CCCCCCO)c21. The number of piperidine rings is 1. The topological polar surface area (TPSA) is 93.3 Å². The average molecular weight is 359 g/mol. The summed E-state index contributed by atoms with van der Waals surface area (Å²) in [5.74, 6) is -0.701. The van der Waals surface area contributed by atoms with Crippen molar-refractivity contribution in [3.63, 3.8) is 0 Å². The number of hydrogen-bond donors (Lipinski definition) is 2. The van der Waals surface area contributed by atoms with Crippen LogP contribution in [0.4, 0.5) is 0 Å². The first-order chi connectivity index (χ1) is 12.5. The molecular formula is C19H25N3O4. The number of unbranched alkanes of at least 4 members (excludes halogenated alkanes) is 3. The zero-order valence-electron chi connectivity index (χ0n) is 15.0. The van der Waals surface area contributed by atoms with Crippen LogP contribution >= 0.6 is 0 Å². The van der Waals surface area contributed by atoms with Gasteiger partial charge in [0.05, 0.1) is 11.0 Å². The molecule has 0 bridgehead atoms. The summed E-state index contributed by atoms with van der Waals surface area (Å²) < 4.78 is 3.12. The number of nitrogens with zero attached hydrogens (tertiary/aromatic N) is 2. The van der Waals surface area contributed by atoms with E-state index < -0.39 is 11.9 Å². The Hall–Kier alpha value is -2.41. The number of carbonyl (C=O) groups excluding carboxylic acids is 2. The van der Waals surface area contributed by atoms with Gasteiger partial charge in [-0.05, 0) is 37.3 Å². The maximum Gasteiger partial charge on any atom is 0.329 e. The largest absolute Gasteiger partial charge is 0.396 e. The Morgan fingerprint density at radius 2 is 1.92 bits per heavy atom. The van der Waals surface area contributed by atoms with Gasteiger partial charge in [0.2, 0.25) is 11.8 Å². The van der Waals surface area contributed by atoms with E-state index in [1.165, 1.54) is 4.57 Å². The van der Waals surface area contributed by atoms with Crippen LogP contribution < -0.4 is 11.0 Å². The number of para-hydroxylation sites is 1. The molecule has 1 aliphatic heterocycles. The second-order valence-electron chi connectivity index (χ2n) is 6.85. The summed E-state index contributed by atoms with van der Waals surface area (Å²) in [4.78, 5) is 36.5. The van der Waals surface area contributed by atoms with Crippen molar-refractivity contribution >= 4 is 22.8 Å². The Kier molecular flexibility index (Phi) is 5.56. The van der Waals surface area contributed by atoms with Crippen molar-refractivity contribution < 1.29 is 14.7 Å². The van der Waals surface area contributed by atoms with E-state index in [2.05, 4.69) is 5.32 Å². The van der Waals surface area contributed by atoms with E-state index in [9.17, 15) is 14.4 Å². The Balaban J connectivity index is 1.93. The zero-order chi connectivity index (χ0) is 18.7. The summed E-state index contributed by atoms with van der Waals surface area (Å²) >= 11 is 0. The number of nitrogens with one attached hydrogen (secondary N) is 1. The molecule has 0 aliphatic carbocycles. The third-order valence-corrected chi connectivity index (χ3v) is 5.06. The summed E-state index contributed by atoms with van der Waals surface area (Å²) in [6, 6.07) is 5.13. The first-order valence-corrected chi connectivity index (χ1v) is 9.18. The molecule has 1 aliphatic rings. The van der Waals surface area contributed by atoms with Crippen LogP contribution in [0.5, 0.6) is 0 Å². The number of aryl methyl sites for hydroxylation is 2. The molecule has 1 atom stereocenters. The van der Waals surface area contributed by atoms with Gasteiger partial charge in [-0.2, -0.15) is 0 Å². The molecule has 2 N–H and O–H groups in total. The third kappa shape index (κ3) is 3.44. The van der Waals surface area contributed by atoms with Crippen LogP contribution in [0.15, 0.2) is 23.0 Å². The molecule has 3 rings (SSSR count). The number of hydrogen-bond acceptors (Lipinski definition) is 4. The molecule has 7 heteroatoms. The normalized spacial score (nSPS) is 17.7. The Labute approximate surface area is 151 Å². The van der Waals surface area contributed by atoms with Gasteiger partial charge in [-0.15, -0.1) is 0 Å². The maximum absolute atomic E-state index is 12.8. The van der Waals surface area contributed by atoms with E-state index in [-0.39, 0.29) is 24.6 Å². The van der Waals surface area contributed by atoms with Gasteiger partial charge in [-0.1, -0.05) is 25.0 Å². The van der Waals surface area contributed by atoms with E-state index >= 15 is 0 Å². The maximum atomic E-state index is 12.8. The van der Waals surface area contributed by atoms with E-state index in [1.54, 1.807) is 11.6 Å². The fourth-order valence-electron chi connectivity index (χ4n) is 3.73. The second kappa shape index (κ2) is 7.86. The second-order valence-corrected chi connectivity index (χ2v) is 6.85. The van der Waals surface area contributed by atoms with Gasteiger partial charge in [0.15, 0.2) is 0 Å². The molecule has 0 radical (unpaired) electrons. The minimum atomic E-state index is -0.649. The predicted molar refractivity (Wildman–Crippen MR) is 97.9 cm³/mol. The number of aliphatic hydroxyl groups is 1. The lowest BCUT2D eigenvalue weighted by Gasteiger charge is -2.21. The molecule has 1 saturated heterocycles. The number of aromatic nitrogens is 2. The van der Waals surface area contributed by atoms with Crippen molar-refractivity contribution in [3.05, 3.63) is 34.2 Å². The highest BCUT2D eigenvalue weighted by atomic mass is 16.3. The first-order valence-electron chi connectivity index (χ1n) is 9.18. The van der Waals surface area contributed by atoms with Crippen LogP contribution in [0.25, 0.3) is 11.0 Å². The van der Waals surface area contributed by atoms with Crippen molar-refractivity contribution in [1.29, 1.82) is 0 Å². The standard InChI is InChI=1S/C19H25N3O4/c1-21-17-13(7-4-2-3-5-12-23)8-6-9-14(17)22(19(21)26)15-10-11-16(24)20-18(15)25/h6,8-9,15,23H,2-5,7,10-12H2,1H3,(H,20,24,25). The van der Waals surface area contributed by atoms with Crippen molar-refractivity contribution in [3.8, 4) is 0 Å². The smallest absolute Gasteiger partial charge is 0.329 e. The van der Waals surface area contributed by atoms with Crippen LogP contribution in [-0.4, -0.2) is 32.7 Å². The number of fused-ring (bicyclic) bond motifs is 1. The molecule has 2 amide bonds. The highest BCUT2D eigenvalue weighted by Crippen LogP contribution is 2.25. The van der Waals surface area contributed by atoms with E-state index in [4.69, 9.17) is 5.11 Å². The molecule has 0 spiro atoms. The number of imidazole rings is 1. The lowest BCUT2D eigenvalue weighted by molar-refractivity contribution is -0.135. The zero-order valence-corrected chi connectivity index (χ0v) is 15.0. The number of carbonyl (C=O) groups is 2. The van der Waals surface area contributed by atoms with Crippen molar-refractivity contribution in [2.75, 3.05) is 6.61 Å². The molecule has 26 heavy (non-hydrogen) atoms. The van der Waals surface area contributed by atoms with Crippen molar-refractivity contribution in [2.24, 2.45) is 7.05 Å². The molecule has 1 aromatic carbocycles. The summed E-state index contributed by atoms with van der Waals surface area (Å²) in [7, 11) is 1.72. The van der Waals surface area contributed by atoms with Gasteiger partial charge >= 0.3 is 5.69 Å². The highest BCUT2D eigenvalue weighted by Gasteiger charge is 2.31. The number of benzene rings is 1. The lowest BCUT2D eigenvalue weighted by Crippen LogP contribution is -2.44. The monoisotopic (exact) mass is 359 g/mol. The van der Waals surface area contributed by atoms with Gasteiger partial charge < -0.3 is 5.11 Å². The molecular weight excluding hydrogens is 334 g/mol. The molecule has 0 saturated carbocycles. The summed E-state index contributed by atoms with van der Waals surface area (Å²) in [5, 5.41) is 11.2. The Morgan fingerprint density at radius 1 is 1.15 bits per heavy atom. The summed E-state index contributed by atoms with van der Waals surface area (Å²) in [6.07, 6.45) is 5.24. The molecule has 2 aromatic rings. The number of rotatable bonds is 7. The van der Waals surface area contributed by atoms with Gasteiger partial charge in [0, 0.05) is 20.1 Å². The lowest BCUT2D eigenvalue weighted by atomic mass is 10.0. The number of amides is 2. The molecule has 1 aromatic heterocycles. The molecule has 1 fully saturated rings. The van der Waals surface area contributed by atoms with Crippen LogP contribution in [0.2, 0.25) is 0 Å². The van der Waals surface area contributed by atoms with Crippen LogP contribution in [0, 0.1) is 0 Å². The quantitative estimate of drug-likeness (QED) is 0.577. The van der Waals surface area contributed by atoms with Crippen LogP contribution in [-0.2, 0) is 23.1 Å². The molecule has 7 nitrogen and oxygen atoms in total. The van der Waals surface area contributed by atoms with E-state index in [0.29, 0.717) is 6.42 Å². The summed E-state index contributed by atoms with van der Waals surface area (Å²) in [6.45, 7) is 0.221. The van der Waals surface area contributed by atoms with Crippen LogP contribution in [0.1, 0.15) is 50.1 Å². The molecule has 140 valence electrons. The fourth-order valence-corrected chi connectivity index (χ4v) is 3.73. The third-order valence-electron chi connectivity index (χ3n) is 5.06. The Morgan fingerprint density at radius 3 is 2.65 bits per heavy atom. The number of imide groups is 1. The van der Waals surface area contributed by atoms with Crippen LogP contribution in [0.3, 0.4) is 0 Å². The minimum absolute atomic E-state index is 0.221. The van der Waals surface area contributed by atoms with E-state index in [0.717, 1.165) is 48.7 Å². The van der Waals surface area contributed by atoms with Gasteiger partial charge in [-0.25, -0.2) is 4.79 Å². The highest BCUT2D eigenvalue weighted by molar-refractivity contribution is 6.00. The van der Waals surface area contributed by atoms with Gasteiger partial charge in [-0.3, -0.25) is 24.0 Å². The van der Waals surface area contributed by atoms with Gasteiger partial charge in [0.25, 0.3) is 0 Å². The fraction of sp³-hybridized carbons (Fsp3) is 0.526. The average Bonchev–Trinajstić information content (AvgIpc) is 2.87. The Bertz CT molecular complexity index is 881. The van der Waals surface area contributed by atoms with E-state index in [1.807, 2.05) is 18.2 Å². The van der Waals surface area contributed by atoms with Crippen molar-refractivity contribution in [1.82, 2.24) is 14.5 Å². The first kappa shape index (κ1) is 18.4. The molecule has 1 unspecified atom stereocenters. The minimum Gasteiger partial charge on any atom is -0.396 e. The van der Waals surface area contributed by atoms with Crippen molar-refractivity contribution in [2.45, 2.75) is 51.0 Å². The molecule has 2 heterocycles.